The lowest BCUT2D eigenvalue weighted by molar-refractivity contribution is -0.0445. The highest BCUT2D eigenvalue weighted by Gasteiger charge is 2.39. The summed E-state index contributed by atoms with van der Waals surface area (Å²) in [5.74, 6) is 0. The van der Waals surface area contributed by atoms with E-state index in [1.807, 2.05) is 0 Å². The summed E-state index contributed by atoms with van der Waals surface area (Å²) in [6, 6.07) is 0. The van der Waals surface area contributed by atoms with Gasteiger partial charge in [-0.05, 0) is 50.8 Å². The molecule has 0 unspecified atom stereocenters. The molecule has 2 nitrogen and oxygen atoms in total. The molecule has 0 aromatic rings. The van der Waals surface area contributed by atoms with Crippen LogP contribution in [0.1, 0.15) is 32.1 Å². The maximum Gasteiger partial charge on any atom is 0.0955 e. The van der Waals surface area contributed by atoms with Gasteiger partial charge < -0.3 is 10.1 Å². The van der Waals surface area contributed by atoms with E-state index in [1.54, 1.807) is 5.57 Å². The van der Waals surface area contributed by atoms with Gasteiger partial charge in [-0.2, -0.15) is 0 Å². The van der Waals surface area contributed by atoms with Gasteiger partial charge in [-0.3, -0.25) is 0 Å². The van der Waals surface area contributed by atoms with E-state index in [1.165, 1.54) is 18.4 Å². The zero-order valence-electron chi connectivity index (χ0n) is 9.22. The molecule has 0 atom stereocenters. The Kier molecular flexibility index (Phi) is 2.41. The molecule has 1 spiro atoms. The van der Waals surface area contributed by atoms with E-state index >= 15 is 0 Å². The molecular formula is C13H19NO. The minimum Gasteiger partial charge on any atom is -0.370 e. The Labute approximate surface area is 91.4 Å². The Hall–Kier alpha value is -0.600. The summed E-state index contributed by atoms with van der Waals surface area (Å²) in [6.07, 6.45) is 10.6. The maximum atomic E-state index is 6.13. The fourth-order valence-corrected chi connectivity index (χ4v) is 3.14. The highest BCUT2D eigenvalue weighted by molar-refractivity contribution is 5.39. The number of ether oxygens (including phenoxy) is 1. The lowest BCUT2D eigenvalue weighted by Gasteiger charge is -2.43. The zero-order valence-corrected chi connectivity index (χ0v) is 9.22. The molecule has 0 saturated carbocycles. The normalized spacial score (nSPS) is 29.3. The summed E-state index contributed by atoms with van der Waals surface area (Å²) in [5, 5.41) is 3.43. The number of nitrogens with one attached hydrogen (secondary N) is 1. The van der Waals surface area contributed by atoms with E-state index in [4.69, 9.17) is 4.74 Å². The first-order valence-corrected chi connectivity index (χ1v) is 6.14. The summed E-state index contributed by atoms with van der Waals surface area (Å²) in [6.45, 7) is 3.14. The molecule has 3 aliphatic rings. The highest BCUT2D eigenvalue weighted by atomic mass is 16.5. The van der Waals surface area contributed by atoms with E-state index in [0.717, 1.165) is 39.0 Å². The molecule has 0 aromatic heterocycles. The van der Waals surface area contributed by atoms with Gasteiger partial charge >= 0.3 is 0 Å². The number of hydrogen-bond acceptors (Lipinski definition) is 2. The Bertz CT molecular complexity index is 310. The molecule has 0 bridgehead atoms. The van der Waals surface area contributed by atoms with Crippen LogP contribution in [-0.4, -0.2) is 25.3 Å². The number of fused-ring (bicyclic) bond motifs is 1. The Morgan fingerprint density at radius 2 is 2.07 bits per heavy atom. The zero-order chi connectivity index (χ0) is 10.1. The smallest absolute Gasteiger partial charge is 0.0955 e. The SMILES string of the molecule is C1=CC2=C(CC1)CCOC21CCNCC1. The Morgan fingerprint density at radius 1 is 1.20 bits per heavy atom. The average Bonchev–Trinajstić information content (AvgIpc) is 2.31. The largest absolute Gasteiger partial charge is 0.370 e. The second-order valence-corrected chi connectivity index (χ2v) is 4.80. The number of rotatable bonds is 0. The molecule has 0 amide bonds. The number of hydrogen-bond donors (Lipinski definition) is 1. The van der Waals surface area contributed by atoms with E-state index in [2.05, 4.69) is 17.5 Å². The topological polar surface area (TPSA) is 21.3 Å². The molecule has 3 rings (SSSR count). The summed E-state index contributed by atoms with van der Waals surface area (Å²) < 4.78 is 6.13. The van der Waals surface area contributed by atoms with Crippen molar-refractivity contribution in [3.05, 3.63) is 23.3 Å². The number of piperidine rings is 1. The molecule has 1 N–H and O–H groups in total. The van der Waals surface area contributed by atoms with Crippen molar-refractivity contribution in [2.75, 3.05) is 19.7 Å². The molecule has 1 fully saturated rings. The molecule has 1 aliphatic carbocycles. The van der Waals surface area contributed by atoms with Crippen LogP contribution in [0, 0.1) is 0 Å². The minimum absolute atomic E-state index is 0.0791. The lowest BCUT2D eigenvalue weighted by Crippen LogP contribution is -2.47. The van der Waals surface area contributed by atoms with Crippen LogP contribution in [0.25, 0.3) is 0 Å². The van der Waals surface area contributed by atoms with Crippen LogP contribution in [0.5, 0.6) is 0 Å². The van der Waals surface area contributed by atoms with Gasteiger partial charge in [0, 0.05) is 0 Å². The molecule has 15 heavy (non-hydrogen) atoms. The van der Waals surface area contributed by atoms with Gasteiger partial charge in [0.1, 0.15) is 0 Å². The van der Waals surface area contributed by atoms with Crippen molar-refractivity contribution in [1.82, 2.24) is 5.32 Å². The second-order valence-electron chi connectivity index (χ2n) is 4.80. The fourth-order valence-electron chi connectivity index (χ4n) is 3.14. The predicted molar refractivity (Wildman–Crippen MR) is 60.8 cm³/mol. The lowest BCUT2D eigenvalue weighted by atomic mass is 9.76. The summed E-state index contributed by atoms with van der Waals surface area (Å²) in [4.78, 5) is 0. The van der Waals surface area contributed by atoms with Gasteiger partial charge in [-0.25, -0.2) is 0 Å². The van der Waals surface area contributed by atoms with Crippen molar-refractivity contribution in [3.63, 3.8) is 0 Å². The van der Waals surface area contributed by atoms with Crippen molar-refractivity contribution < 1.29 is 4.74 Å². The minimum atomic E-state index is 0.0791. The third-order valence-electron chi connectivity index (χ3n) is 3.96. The maximum absolute atomic E-state index is 6.13. The van der Waals surface area contributed by atoms with Crippen molar-refractivity contribution in [2.45, 2.75) is 37.7 Å². The molecular weight excluding hydrogens is 186 g/mol. The van der Waals surface area contributed by atoms with Crippen LogP contribution in [0.3, 0.4) is 0 Å². The third kappa shape index (κ3) is 1.56. The Balaban J connectivity index is 1.96. The molecule has 1 saturated heterocycles. The first kappa shape index (κ1) is 9.61. The number of allylic oxidation sites excluding steroid dienone is 1. The van der Waals surface area contributed by atoms with E-state index in [9.17, 15) is 0 Å². The van der Waals surface area contributed by atoms with Gasteiger partial charge in [0.15, 0.2) is 0 Å². The van der Waals surface area contributed by atoms with Crippen molar-refractivity contribution >= 4 is 0 Å². The van der Waals surface area contributed by atoms with Crippen LogP contribution in [-0.2, 0) is 4.74 Å². The van der Waals surface area contributed by atoms with Crippen LogP contribution < -0.4 is 5.32 Å². The van der Waals surface area contributed by atoms with Crippen LogP contribution in [0.2, 0.25) is 0 Å². The third-order valence-corrected chi connectivity index (χ3v) is 3.96. The van der Waals surface area contributed by atoms with Crippen molar-refractivity contribution in [2.24, 2.45) is 0 Å². The molecule has 0 aromatic carbocycles. The molecule has 2 heterocycles. The first-order valence-electron chi connectivity index (χ1n) is 6.14. The molecule has 0 radical (unpaired) electrons. The second kappa shape index (κ2) is 3.76. The van der Waals surface area contributed by atoms with E-state index in [-0.39, 0.29) is 5.60 Å². The molecule has 82 valence electrons. The van der Waals surface area contributed by atoms with Gasteiger partial charge in [0.05, 0.1) is 12.2 Å². The van der Waals surface area contributed by atoms with Gasteiger partial charge in [0.25, 0.3) is 0 Å². The van der Waals surface area contributed by atoms with Crippen molar-refractivity contribution in [1.29, 1.82) is 0 Å². The molecule has 2 aliphatic heterocycles. The van der Waals surface area contributed by atoms with Gasteiger partial charge in [0.2, 0.25) is 0 Å². The van der Waals surface area contributed by atoms with Gasteiger partial charge in [-0.15, -0.1) is 0 Å². The summed E-state index contributed by atoms with van der Waals surface area (Å²) in [5.41, 5.74) is 3.28. The van der Waals surface area contributed by atoms with Gasteiger partial charge in [-0.1, -0.05) is 17.7 Å². The standard InChI is InChI=1S/C13H19NO/c1-2-4-12-11(3-1)5-10-15-13(12)6-8-14-9-7-13/h2,4,14H,1,3,5-10H2. The monoisotopic (exact) mass is 205 g/mol. The highest BCUT2D eigenvalue weighted by Crippen LogP contribution is 2.41. The van der Waals surface area contributed by atoms with Crippen molar-refractivity contribution in [3.8, 4) is 0 Å². The first-order chi connectivity index (χ1) is 7.41. The quantitative estimate of drug-likeness (QED) is 0.654. The van der Waals surface area contributed by atoms with Crippen LogP contribution in [0.15, 0.2) is 23.3 Å². The Morgan fingerprint density at radius 3 is 2.93 bits per heavy atom. The fraction of sp³-hybridized carbons (Fsp3) is 0.692. The summed E-state index contributed by atoms with van der Waals surface area (Å²) >= 11 is 0. The predicted octanol–water partition coefficient (Wildman–Crippen LogP) is 2.18. The average molecular weight is 205 g/mol. The van der Waals surface area contributed by atoms with Crippen LogP contribution >= 0.6 is 0 Å². The summed E-state index contributed by atoms with van der Waals surface area (Å²) in [7, 11) is 0. The molecule has 2 heteroatoms. The van der Waals surface area contributed by atoms with E-state index < -0.39 is 0 Å². The van der Waals surface area contributed by atoms with E-state index in [0.29, 0.717) is 0 Å². The van der Waals surface area contributed by atoms with Crippen LogP contribution in [0.4, 0.5) is 0 Å².